The number of anilines is 1. The zero-order chi connectivity index (χ0) is 21.8. The molecule has 0 aliphatic carbocycles. The lowest BCUT2D eigenvalue weighted by molar-refractivity contribution is 0.180. The quantitative estimate of drug-likeness (QED) is 0.588. The van der Waals surface area contributed by atoms with E-state index in [1.807, 2.05) is 30.3 Å². The number of fused-ring (bicyclic) bond motifs is 1. The summed E-state index contributed by atoms with van der Waals surface area (Å²) in [6.07, 6.45) is 5.00. The van der Waals surface area contributed by atoms with Gasteiger partial charge in [-0.1, -0.05) is 30.3 Å². The fourth-order valence-corrected chi connectivity index (χ4v) is 4.80. The fraction of sp³-hybridized carbons (Fsp3) is 0.273. The Balaban J connectivity index is 1.60. The summed E-state index contributed by atoms with van der Waals surface area (Å²) in [4.78, 5) is 7.03. The normalized spacial score (nSPS) is 15.7. The van der Waals surface area contributed by atoms with Crippen LogP contribution in [0.2, 0.25) is 0 Å². The lowest BCUT2D eigenvalue weighted by Gasteiger charge is -2.34. The highest BCUT2D eigenvalue weighted by molar-refractivity contribution is 7.88. The molecule has 3 aromatic rings. The molecule has 0 radical (unpaired) electrons. The number of nitrogens with one attached hydrogen (secondary N) is 2. The van der Waals surface area contributed by atoms with E-state index in [2.05, 4.69) is 21.4 Å². The van der Waals surface area contributed by atoms with Gasteiger partial charge in [0.1, 0.15) is 12.4 Å². The molecule has 1 atom stereocenters. The molecule has 2 heterocycles. The van der Waals surface area contributed by atoms with Crippen molar-refractivity contribution in [2.45, 2.75) is 25.6 Å². The Morgan fingerprint density at radius 2 is 2.13 bits per heavy atom. The van der Waals surface area contributed by atoms with Gasteiger partial charge in [-0.05, 0) is 29.7 Å². The zero-order valence-corrected chi connectivity index (χ0v) is 17.9. The Labute approximate surface area is 181 Å². The second-order valence-electron chi connectivity index (χ2n) is 7.52. The number of aromatic amines is 1. The summed E-state index contributed by atoms with van der Waals surface area (Å²) in [5.41, 5.74) is 3.81. The van der Waals surface area contributed by atoms with Gasteiger partial charge < -0.3 is 15.0 Å². The summed E-state index contributed by atoms with van der Waals surface area (Å²) in [6, 6.07) is 14.8. The Morgan fingerprint density at radius 1 is 1.32 bits per heavy atom. The molecule has 0 bridgehead atoms. The highest BCUT2D eigenvalue weighted by atomic mass is 32.2. The van der Waals surface area contributed by atoms with E-state index < -0.39 is 10.0 Å². The molecule has 1 aromatic heterocycles. The first kappa shape index (κ1) is 20.9. The molecular weight excluding hydrogens is 414 g/mol. The highest BCUT2D eigenvalue weighted by Crippen LogP contribution is 2.36. The van der Waals surface area contributed by atoms with Crippen molar-refractivity contribution in [3.8, 4) is 11.8 Å². The Bertz CT molecular complexity index is 1190. The van der Waals surface area contributed by atoms with E-state index in [1.54, 1.807) is 24.7 Å². The minimum Gasteiger partial charge on any atom is -0.489 e. The minimum absolute atomic E-state index is 0.234. The number of H-pyrrole nitrogens is 1. The lowest BCUT2D eigenvalue weighted by atomic mass is 9.98. The third-order valence-corrected chi connectivity index (χ3v) is 6.49. The number of nitrogens with zero attached hydrogens (tertiary/aromatic N) is 3. The van der Waals surface area contributed by atoms with Gasteiger partial charge >= 0.3 is 0 Å². The van der Waals surface area contributed by atoms with Gasteiger partial charge in [0.25, 0.3) is 0 Å². The van der Waals surface area contributed by atoms with Crippen LogP contribution < -0.4 is 10.1 Å². The summed E-state index contributed by atoms with van der Waals surface area (Å²) >= 11 is 0. The Hall–Kier alpha value is -3.35. The molecule has 0 saturated heterocycles. The van der Waals surface area contributed by atoms with Crippen LogP contribution in [-0.4, -0.2) is 41.6 Å². The van der Waals surface area contributed by atoms with E-state index in [0.717, 1.165) is 16.8 Å². The molecule has 2 N–H and O–H groups in total. The van der Waals surface area contributed by atoms with Gasteiger partial charge in [-0.3, -0.25) is 0 Å². The Morgan fingerprint density at radius 3 is 2.81 bits per heavy atom. The SMILES string of the molecule is CS(=O)(=O)N(Cc1ccccc1)C1COc2c(cc(C#N)cc2NCc2cnc[nH]2)C1. The first-order valence-electron chi connectivity index (χ1n) is 9.85. The summed E-state index contributed by atoms with van der Waals surface area (Å²) in [5, 5.41) is 12.8. The van der Waals surface area contributed by atoms with Crippen LogP contribution in [0.3, 0.4) is 0 Å². The molecular formula is C22H23N5O3S. The van der Waals surface area contributed by atoms with Gasteiger partial charge in [0, 0.05) is 12.7 Å². The smallest absolute Gasteiger partial charge is 0.211 e. The molecule has 1 unspecified atom stereocenters. The zero-order valence-electron chi connectivity index (χ0n) is 17.1. The first-order valence-corrected chi connectivity index (χ1v) is 11.7. The van der Waals surface area contributed by atoms with Crippen LogP contribution in [-0.2, 0) is 29.5 Å². The van der Waals surface area contributed by atoms with E-state index in [0.29, 0.717) is 30.0 Å². The monoisotopic (exact) mass is 437 g/mol. The summed E-state index contributed by atoms with van der Waals surface area (Å²) in [5.74, 6) is 0.655. The molecule has 31 heavy (non-hydrogen) atoms. The molecule has 1 aliphatic heterocycles. The van der Waals surface area contributed by atoms with Crippen LogP contribution in [0.25, 0.3) is 0 Å². The van der Waals surface area contributed by atoms with E-state index in [9.17, 15) is 13.7 Å². The third kappa shape index (κ3) is 4.87. The van der Waals surface area contributed by atoms with Crippen LogP contribution in [0.15, 0.2) is 55.0 Å². The van der Waals surface area contributed by atoms with Crippen molar-refractivity contribution in [3.05, 3.63) is 77.4 Å². The predicted octanol–water partition coefficient (Wildman–Crippen LogP) is 2.66. The summed E-state index contributed by atoms with van der Waals surface area (Å²) in [6.45, 7) is 1.00. The largest absolute Gasteiger partial charge is 0.489 e. The summed E-state index contributed by atoms with van der Waals surface area (Å²) < 4.78 is 32.7. The average Bonchev–Trinajstić information content (AvgIpc) is 3.29. The maximum absolute atomic E-state index is 12.6. The van der Waals surface area contributed by atoms with Gasteiger partial charge in [0.2, 0.25) is 10.0 Å². The number of ether oxygens (including phenoxy) is 1. The number of rotatable bonds is 7. The van der Waals surface area contributed by atoms with Gasteiger partial charge in [-0.25, -0.2) is 13.4 Å². The highest BCUT2D eigenvalue weighted by Gasteiger charge is 2.32. The number of sulfonamides is 1. The molecule has 0 amide bonds. The van der Waals surface area contributed by atoms with Crippen molar-refractivity contribution in [1.29, 1.82) is 5.26 Å². The van der Waals surface area contributed by atoms with E-state index in [-0.39, 0.29) is 19.2 Å². The fourth-order valence-electron chi connectivity index (χ4n) is 3.74. The van der Waals surface area contributed by atoms with Gasteiger partial charge in [0.15, 0.2) is 0 Å². The average molecular weight is 438 g/mol. The van der Waals surface area contributed by atoms with E-state index in [4.69, 9.17) is 4.74 Å². The van der Waals surface area contributed by atoms with Crippen LogP contribution in [0.4, 0.5) is 5.69 Å². The first-order chi connectivity index (χ1) is 14.9. The van der Waals surface area contributed by atoms with Crippen molar-refractivity contribution in [1.82, 2.24) is 14.3 Å². The number of nitriles is 1. The van der Waals surface area contributed by atoms with Gasteiger partial charge in [-0.2, -0.15) is 9.57 Å². The molecule has 0 fully saturated rings. The topological polar surface area (TPSA) is 111 Å². The van der Waals surface area contributed by atoms with Crippen molar-refractivity contribution >= 4 is 15.7 Å². The van der Waals surface area contributed by atoms with Crippen molar-refractivity contribution < 1.29 is 13.2 Å². The number of hydrogen-bond acceptors (Lipinski definition) is 6. The number of aromatic nitrogens is 2. The van der Waals surface area contributed by atoms with E-state index in [1.165, 1.54) is 10.6 Å². The molecule has 0 saturated carbocycles. The number of imidazole rings is 1. The molecule has 9 heteroatoms. The van der Waals surface area contributed by atoms with Gasteiger partial charge in [0.05, 0.1) is 48.2 Å². The van der Waals surface area contributed by atoms with Crippen molar-refractivity contribution in [2.75, 3.05) is 18.2 Å². The van der Waals surface area contributed by atoms with Crippen LogP contribution in [0.1, 0.15) is 22.4 Å². The van der Waals surface area contributed by atoms with Crippen LogP contribution in [0, 0.1) is 11.3 Å². The Kier molecular flexibility index (Phi) is 5.93. The second kappa shape index (κ2) is 8.79. The standard InChI is InChI=1S/C22H23N5O3S/c1-31(28,29)27(13-16-5-3-2-4-6-16)20-9-18-7-17(10-23)8-21(22(18)30-14-20)25-12-19-11-24-15-26-19/h2-8,11,15,20,25H,9,12-14H2,1H3,(H,24,26). The minimum atomic E-state index is -3.47. The van der Waals surface area contributed by atoms with E-state index >= 15 is 0 Å². The molecule has 4 rings (SSSR count). The second-order valence-corrected chi connectivity index (χ2v) is 9.45. The number of hydrogen-bond donors (Lipinski definition) is 2. The van der Waals surface area contributed by atoms with Crippen LogP contribution in [0.5, 0.6) is 5.75 Å². The van der Waals surface area contributed by atoms with Crippen molar-refractivity contribution in [2.24, 2.45) is 0 Å². The maximum atomic E-state index is 12.6. The molecule has 160 valence electrons. The molecule has 2 aromatic carbocycles. The molecule has 0 spiro atoms. The lowest BCUT2D eigenvalue weighted by Crippen LogP contribution is -2.45. The van der Waals surface area contributed by atoms with Crippen molar-refractivity contribution in [3.63, 3.8) is 0 Å². The maximum Gasteiger partial charge on any atom is 0.211 e. The number of benzene rings is 2. The summed E-state index contributed by atoms with van der Waals surface area (Å²) in [7, 11) is -3.47. The molecule has 8 nitrogen and oxygen atoms in total. The predicted molar refractivity (Wildman–Crippen MR) is 117 cm³/mol. The van der Waals surface area contributed by atoms with Gasteiger partial charge in [-0.15, -0.1) is 0 Å². The molecule has 1 aliphatic rings. The van der Waals surface area contributed by atoms with Crippen LogP contribution >= 0.6 is 0 Å². The third-order valence-electron chi connectivity index (χ3n) is 5.21.